The molecular formula is C16H25NOS. The summed E-state index contributed by atoms with van der Waals surface area (Å²) in [5.74, 6) is 0.892. The Morgan fingerprint density at radius 3 is 2.21 bits per heavy atom. The van der Waals surface area contributed by atoms with Crippen molar-refractivity contribution in [1.82, 2.24) is 5.06 Å². The van der Waals surface area contributed by atoms with E-state index in [4.69, 9.17) is 4.28 Å². The van der Waals surface area contributed by atoms with E-state index in [1.54, 1.807) is 12.0 Å². The first kappa shape index (κ1) is 14.9. The molecule has 19 heavy (non-hydrogen) atoms. The zero-order valence-corrected chi connectivity index (χ0v) is 13.3. The predicted octanol–water partition coefficient (Wildman–Crippen LogP) is 4.81. The standard InChI is InChI=1S/C16H25NOS/c1-15(2)11-8-12-16(3,4)17(15)18-19-13-14-9-6-5-7-10-14/h5-7,9-10H,8,11-13H2,1-4H3. The first-order chi connectivity index (χ1) is 8.92. The summed E-state index contributed by atoms with van der Waals surface area (Å²) in [4.78, 5) is 0. The van der Waals surface area contributed by atoms with Gasteiger partial charge in [0, 0.05) is 28.9 Å². The Bertz CT molecular complexity index is 386. The van der Waals surface area contributed by atoms with E-state index in [2.05, 4.69) is 57.0 Å². The van der Waals surface area contributed by atoms with Gasteiger partial charge in [0.1, 0.15) is 0 Å². The van der Waals surface area contributed by atoms with Gasteiger partial charge in [-0.25, -0.2) is 4.28 Å². The lowest BCUT2D eigenvalue weighted by Gasteiger charge is -2.50. The van der Waals surface area contributed by atoms with Crippen LogP contribution < -0.4 is 0 Å². The molecule has 2 nitrogen and oxygen atoms in total. The van der Waals surface area contributed by atoms with Gasteiger partial charge < -0.3 is 0 Å². The zero-order chi connectivity index (χ0) is 13.9. The van der Waals surface area contributed by atoms with Crippen molar-refractivity contribution in [3.05, 3.63) is 35.9 Å². The minimum Gasteiger partial charge on any atom is -0.227 e. The minimum absolute atomic E-state index is 0.117. The van der Waals surface area contributed by atoms with Gasteiger partial charge >= 0.3 is 0 Å². The van der Waals surface area contributed by atoms with Crippen LogP contribution in [0.5, 0.6) is 0 Å². The van der Waals surface area contributed by atoms with E-state index in [0.29, 0.717) is 0 Å². The molecule has 0 atom stereocenters. The summed E-state index contributed by atoms with van der Waals surface area (Å²) < 4.78 is 6.07. The quantitative estimate of drug-likeness (QED) is 0.734. The predicted molar refractivity (Wildman–Crippen MR) is 82.7 cm³/mol. The Kier molecular flexibility index (Phi) is 4.59. The normalized spacial score (nSPS) is 22.3. The van der Waals surface area contributed by atoms with Gasteiger partial charge in [-0.15, -0.1) is 0 Å². The van der Waals surface area contributed by atoms with Crippen LogP contribution >= 0.6 is 12.0 Å². The molecule has 0 bridgehead atoms. The highest BCUT2D eigenvalue weighted by atomic mass is 32.2. The first-order valence-electron chi connectivity index (χ1n) is 7.06. The fourth-order valence-corrected chi connectivity index (χ4v) is 3.79. The van der Waals surface area contributed by atoms with Crippen molar-refractivity contribution in [3.63, 3.8) is 0 Å². The lowest BCUT2D eigenvalue weighted by atomic mass is 9.82. The van der Waals surface area contributed by atoms with Crippen LogP contribution in [0, 0.1) is 0 Å². The highest BCUT2D eigenvalue weighted by Gasteiger charge is 2.42. The van der Waals surface area contributed by atoms with Crippen LogP contribution in [-0.2, 0) is 10.0 Å². The Labute approximate surface area is 121 Å². The van der Waals surface area contributed by atoms with Crippen molar-refractivity contribution in [1.29, 1.82) is 0 Å². The Balaban J connectivity index is 1.93. The van der Waals surface area contributed by atoms with Gasteiger partial charge in [-0.2, -0.15) is 5.06 Å². The van der Waals surface area contributed by atoms with E-state index in [0.717, 1.165) is 5.75 Å². The lowest BCUT2D eigenvalue weighted by Crippen LogP contribution is -2.57. The van der Waals surface area contributed by atoms with Gasteiger partial charge in [-0.05, 0) is 52.5 Å². The van der Waals surface area contributed by atoms with E-state index in [-0.39, 0.29) is 11.1 Å². The fourth-order valence-electron chi connectivity index (χ4n) is 2.90. The molecule has 0 saturated carbocycles. The summed E-state index contributed by atoms with van der Waals surface area (Å²) >= 11 is 1.54. The minimum atomic E-state index is 0.117. The summed E-state index contributed by atoms with van der Waals surface area (Å²) in [6, 6.07) is 10.5. The molecule has 1 aliphatic rings. The number of benzene rings is 1. The third kappa shape index (κ3) is 3.74. The highest BCUT2D eigenvalue weighted by Crippen LogP contribution is 2.40. The molecule has 1 aliphatic heterocycles. The van der Waals surface area contributed by atoms with Crippen LogP contribution in [0.3, 0.4) is 0 Å². The first-order valence-corrected chi connectivity index (χ1v) is 7.97. The number of nitrogens with zero attached hydrogens (tertiary/aromatic N) is 1. The zero-order valence-electron chi connectivity index (χ0n) is 12.5. The second-order valence-corrected chi connectivity index (χ2v) is 7.27. The molecule has 0 spiro atoms. The molecule has 3 heteroatoms. The Hall–Kier alpha value is -0.510. The van der Waals surface area contributed by atoms with Crippen LogP contribution in [-0.4, -0.2) is 16.1 Å². The second kappa shape index (κ2) is 5.86. The molecule has 1 fully saturated rings. The Morgan fingerprint density at radius 2 is 1.63 bits per heavy atom. The number of hydrogen-bond acceptors (Lipinski definition) is 3. The van der Waals surface area contributed by atoms with Crippen molar-refractivity contribution >= 4 is 12.0 Å². The maximum Gasteiger partial charge on any atom is 0.0468 e. The third-order valence-corrected chi connectivity index (χ3v) is 4.58. The molecule has 1 aromatic carbocycles. The number of hydrogen-bond donors (Lipinski definition) is 0. The largest absolute Gasteiger partial charge is 0.227 e. The van der Waals surface area contributed by atoms with E-state index in [1.807, 2.05) is 6.07 Å². The summed E-state index contributed by atoms with van der Waals surface area (Å²) in [6.07, 6.45) is 3.67. The summed E-state index contributed by atoms with van der Waals surface area (Å²) in [5, 5.41) is 2.21. The van der Waals surface area contributed by atoms with Crippen LogP contribution in [0.2, 0.25) is 0 Å². The maximum absolute atomic E-state index is 6.07. The van der Waals surface area contributed by atoms with Gasteiger partial charge in [0.15, 0.2) is 0 Å². The average Bonchev–Trinajstić information content (AvgIpc) is 2.33. The van der Waals surface area contributed by atoms with E-state index < -0.39 is 0 Å². The van der Waals surface area contributed by atoms with Crippen LogP contribution in [0.25, 0.3) is 0 Å². The van der Waals surface area contributed by atoms with Crippen molar-refractivity contribution in [2.24, 2.45) is 0 Å². The number of piperidine rings is 1. The average molecular weight is 279 g/mol. The van der Waals surface area contributed by atoms with E-state index in [1.165, 1.54) is 24.8 Å². The second-order valence-electron chi connectivity index (χ2n) is 6.60. The smallest absolute Gasteiger partial charge is 0.0468 e. The molecular weight excluding hydrogens is 254 g/mol. The van der Waals surface area contributed by atoms with E-state index in [9.17, 15) is 0 Å². The molecule has 0 radical (unpaired) electrons. The number of rotatable bonds is 4. The maximum atomic E-state index is 6.07. The monoisotopic (exact) mass is 279 g/mol. The SMILES string of the molecule is CC1(C)CCCC(C)(C)N1OSCc1ccccc1. The van der Waals surface area contributed by atoms with Crippen LogP contribution in [0.4, 0.5) is 0 Å². The van der Waals surface area contributed by atoms with E-state index >= 15 is 0 Å². The molecule has 0 aliphatic carbocycles. The molecule has 0 unspecified atom stereocenters. The summed E-state index contributed by atoms with van der Waals surface area (Å²) in [6.45, 7) is 9.10. The van der Waals surface area contributed by atoms with Crippen molar-refractivity contribution in [2.75, 3.05) is 0 Å². The van der Waals surface area contributed by atoms with Gasteiger partial charge in [-0.3, -0.25) is 0 Å². The summed E-state index contributed by atoms with van der Waals surface area (Å²) in [7, 11) is 0. The molecule has 1 aromatic rings. The molecule has 1 saturated heterocycles. The van der Waals surface area contributed by atoms with Crippen LogP contribution in [0.15, 0.2) is 30.3 Å². The Morgan fingerprint density at radius 1 is 1.05 bits per heavy atom. The topological polar surface area (TPSA) is 12.5 Å². The van der Waals surface area contributed by atoms with Crippen molar-refractivity contribution in [2.45, 2.75) is 63.8 Å². The van der Waals surface area contributed by atoms with Gasteiger partial charge in [0.05, 0.1) is 0 Å². The van der Waals surface area contributed by atoms with Crippen molar-refractivity contribution in [3.8, 4) is 0 Å². The molecule has 0 amide bonds. The van der Waals surface area contributed by atoms with Gasteiger partial charge in [0.2, 0.25) is 0 Å². The summed E-state index contributed by atoms with van der Waals surface area (Å²) in [5.41, 5.74) is 1.54. The highest BCUT2D eigenvalue weighted by molar-refractivity contribution is 7.93. The molecule has 0 N–H and O–H groups in total. The molecule has 2 rings (SSSR count). The number of hydroxylamine groups is 2. The van der Waals surface area contributed by atoms with Gasteiger partial charge in [0.25, 0.3) is 0 Å². The van der Waals surface area contributed by atoms with Crippen molar-refractivity contribution < 1.29 is 4.28 Å². The molecule has 106 valence electrons. The fraction of sp³-hybridized carbons (Fsp3) is 0.625. The van der Waals surface area contributed by atoms with Crippen LogP contribution in [0.1, 0.15) is 52.5 Å². The third-order valence-electron chi connectivity index (χ3n) is 3.87. The lowest BCUT2D eigenvalue weighted by molar-refractivity contribution is -0.206. The molecule has 1 heterocycles. The molecule has 0 aromatic heterocycles. The van der Waals surface area contributed by atoms with Gasteiger partial charge in [-0.1, -0.05) is 30.3 Å².